The van der Waals surface area contributed by atoms with Crippen molar-refractivity contribution in [2.75, 3.05) is 11.9 Å². The maximum atomic E-state index is 12.2. The van der Waals surface area contributed by atoms with Crippen molar-refractivity contribution in [3.8, 4) is 0 Å². The molecule has 0 saturated heterocycles. The number of benzene rings is 1. The minimum atomic E-state index is -0.388. The molecule has 5 nitrogen and oxygen atoms in total. The summed E-state index contributed by atoms with van der Waals surface area (Å²) in [5.74, 6) is -0.0635. The fraction of sp³-hybridized carbons (Fsp3) is 0.200. The van der Waals surface area contributed by atoms with Crippen molar-refractivity contribution in [1.82, 2.24) is 10.2 Å². The molecule has 112 valence electrons. The van der Waals surface area contributed by atoms with Crippen LogP contribution in [0.25, 0.3) is 0 Å². The van der Waals surface area contributed by atoms with Crippen LogP contribution < -0.4 is 5.32 Å². The molecular weight excluding hydrogens is 325 g/mol. The van der Waals surface area contributed by atoms with Crippen LogP contribution >= 0.6 is 23.2 Å². The number of aromatic nitrogens is 2. The van der Waals surface area contributed by atoms with Crippen LogP contribution in [0.3, 0.4) is 0 Å². The number of nitrogens with zero attached hydrogens (tertiary/aromatic N) is 1. The molecule has 1 unspecified atom stereocenters. The average molecular weight is 336 g/mol. The van der Waals surface area contributed by atoms with E-state index in [1.165, 1.54) is 0 Å². The molecule has 0 bridgehead atoms. The Balaban J connectivity index is 2.02. The van der Waals surface area contributed by atoms with Crippen molar-refractivity contribution >= 4 is 35.0 Å². The van der Waals surface area contributed by atoms with E-state index >= 15 is 0 Å². The molecule has 2 N–H and O–H groups in total. The van der Waals surface area contributed by atoms with Gasteiger partial charge in [0.05, 0.1) is 17.2 Å². The maximum Gasteiger partial charge on any atom is 0.337 e. The molecule has 7 heteroatoms. The number of aromatic amines is 1. The zero-order valence-electron chi connectivity index (χ0n) is 11.5. The number of hydrogen-bond acceptors (Lipinski definition) is 4. The standard InChI is InChI=1S/C15H11Cl2N3O2/c1-6-10-13(11-7(16)3-2-4-8(11)17)12-9(5-22-15(12)21)18-14(10)20-19-6/h2-4,13H,5H2,1H3,(H2,18,19,20). The van der Waals surface area contributed by atoms with Gasteiger partial charge in [-0.1, -0.05) is 29.3 Å². The van der Waals surface area contributed by atoms with E-state index in [4.69, 9.17) is 27.9 Å². The van der Waals surface area contributed by atoms with Gasteiger partial charge in [-0.15, -0.1) is 0 Å². The van der Waals surface area contributed by atoms with Crippen LogP contribution in [0, 0.1) is 6.92 Å². The van der Waals surface area contributed by atoms with E-state index in [-0.39, 0.29) is 18.5 Å². The Morgan fingerprint density at radius 2 is 2.00 bits per heavy atom. The molecule has 3 heterocycles. The van der Waals surface area contributed by atoms with Crippen molar-refractivity contribution in [1.29, 1.82) is 0 Å². The first-order chi connectivity index (χ1) is 10.6. The van der Waals surface area contributed by atoms with Crippen molar-refractivity contribution < 1.29 is 9.53 Å². The molecule has 0 spiro atoms. The fourth-order valence-corrected chi connectivity index (χ4v) is 3.68. The van der Waals surface area contributed by atoms with Gasteiger partial charge in [0.1, 0.15) is 6.61 Å². The monoisotopic (exact) mass is 335 g/mol. The van der Waals surface area contributed by atoms with E-state index in [0.717, 1.165) is 11.3 Å². The third-order valence-corrected chi connectivity index (χ3v) is 4.68. The van der Waals surface area contributed by atoms with Crippen LogP contribution in [0.5, 0.6) is 0 Å². The van der Waals surface area contributed by atoms with E-state index in [1.54, 1.807) is 18.2 Å². The number of carbonyl (C=O) groups is 1. The minimum Gasteiger partial charge on any atom is -0.456 e. The van der Waals surface area contributed by atoms with E-state index in [0.29, 0.717) is 32.7 Å². The lowest BCUT2D eigenvalue weighted by Gasteiger charge is -2.25. The summed E-state index contributed by atoms with van der Waals surface area (Å²) in [6.07, 6.45) is 0. The van der Waals surface area contributed by atoms with Gasteiger partial charge >= 0.3 is 5.97 Å². The number of rotatable bonds is 1. The maximum absolute atomic E-state index is 12.2. The number of H-pyrrole nitrogens is 1. The summed E-state index contributed by atoms with van der Waals surface area (Å²) in [7, 11) is 0. The molecule has 0 radical (unpaired) electrons. The predicted octanol–water partition coefficient (Wildman–Crippen LogP) is 3.39. The number of cyclic esters (lactones) is 1. The van der Waals surface area contributed by atoms with Crippen LogP contribution in [-0.4, -0.2) is 22.8 Å². The number of hydrogen-bond donors (Lipinski definition) is 2. The molecule has 0 aliphatic carbocycles. The molecule has 0 fully saturated rings. The van der Waals surface area contributed by atoms with E-state index < -0.39 is 0 Å². The van der Waals surface area contributed by atoms with Gasteiger partial charge < -0.3 is 10.1 Å². The van der Waals surface area contributed by atoms with E-state index in [9.17, 15) is 4.79 Å². The third-order valence-electron chi connectivity index (χ3n) is 4.02. The summed E-state index contributed by atoms with van der Waals surface area (Å²) in [5.41, 5.74) is 3.68. The lowest BCUT2D eigenvalue weighted by Crippen LogP contribution is -2.20. The van der Waals surface area contributed by atoms with Crippen LogP contribution in [0.4, 0.5) is 5.82 Å². The Labute approximate surface area is 136 Å². The molecule has 2 aromatic rings. The highest BCUT2D eigenvalue weighted by Gasteiger charge is 2.42. The normalized spacial score (nSPS) is 19.6. The molecule has 2 aliphatic heterocycles. The molecule has 4 rings (SSSR count). The minimum absolute atomic E-state index is 0.206. The van der Waals surface area contributed by atoms with Crippen LogP contribution in [0.15, 0.2) is 29.5 Å². The molecule has 1 aromatic heterocycles. The summed E-state index contributed by atoms with van der Waals surface area (Å²) in [4.78, 5) is 12.2. The number of aryl methyl sites for hydroxylation is 1. The van der Waals surface area contributed by atoms with Gasteiger partial charge in [0.15, 0.2) is 5.82 Å². The molecule has 0 saturated carbocycles. The van der Waals surface area contributed by atoms with E-state index in [2.05, 4.69) is 15.5 Å². The Hall–Kier alpha value is -1.98. The Kier molecular flexibility index (Phi) is 2.96. The lowest BCUT2D eigenvalue weighted by molar-refractivity contribution is -0.136. The van der Waals surface area contributed by atoms with Crippen molar-refractivity contribution in [2.24, 2.45) is 0 Å². The Morgan fingerprint density at radius 3 is 2.73 bits per heavy atom. The Morgan fingerprint density at radius 1 is 1.27 bits per heavy atom. The van der Waals surface area contributed by atoms with Crippen molar-refractivity contribution in [3.05, 3.63) is 56.3 Å². The van der Waals surface area contributed by atoms with Crippen LogP contribution in [0.1, 0.15) is 22.7 Å². The molecular formula is C15H11Cl2N3O2. The first-order valence-electron chi connectivity index (χ1n) is 6.74. The summed E-state index contributed by atoms with van der Waals surface area (Å²) < 4.78 is 5.17. The second kappa shape index (κ2) is 4.76. The number of fused-ring (bicyclic) bond motifs is 1. The van der Waals surface area contributed by atoms with Gasteiger partial charge in [0.25, 0.3) is 0 Å². The van der Waals surface area contributed by atoms with Gasteiger partial charge in [0.2, 0.25) is 0 Å². The number of halogens is 2. The summed E-state index contributed by atoms with van der Waals surface area (Å²) >= 11 is 12.8. The predicted molar refractivity (Wildman–Crippen MR) is 83.2 cm³/mol. The fourth-order valence-electron chi connectivity index (χ4n) is 3.06. The molecule has 1 aromatic carbocycles. The van der Waals surface area contributed by atoms with Crippen LogP contribution in [-0.2, 0) is 9.53 Å². The number of anilines is 1. The Bertz CT molecular complexity index is 821. The highest BCUT2D eigenvalue weighted by Crippen LogP contribution is 2.48. The third kappa shape index (κ3) is 1.79. The first kappa shape index (κ1) is 13.7. The van der Waals surface area contributed by atoms with E-state index in [1.807, 2.05) is 6.92 Å². The van der Waals surface area contributed by atoms with Crippen LogP contribution in [0.2, 0.25) is 10.0 Å². The SMILES string of the molecule is Cc1[nH]nc2c1C(c1c(Cl)cccc1Cl)C1=C(COC1=O)N2. The molecule has 0 amide bonds. The lowest BCUT2D eigenvalue weighted by atomic mass is 9.82. The van der Waals surface area contributed by atoms with Gasteiger partial charge in [0, 0.05) is 26.9 Å². The molecule has 1 atom stereocenters. The highest BCUT2D eigenvalue weighted by molar-refractivity contribution is 6.36. The molecule has 2 aliphatic rings. The van der Waals surface area contributed by atoms with Gasteiger partial charge in [-0.2, -0.15) is 5.10 Å². The van der Waals surface area contributed by atoms with Gasteiger partial charge in [-0.3, -0.25) is 5.10 Å². The van der Waals surface area contributed by atoms with Gasteiger partial charge in [-0.05, 0) is 19.1 Å². The largest absolute Gasteiger partial charge is 0.456 e. The number of esters is 1. The second-order valence-corrected chi connectivity index (χ2v) is 6.09. The highest BCUT2D eigenvalue weighted by atomic mass is 35.5. The zero-order valence-corrected chi connectivity index (χ0v) is 13.0. The number of carbonyl (C=O) groups excluding carboxylic acids is 1. The van der Waals surface area contributed by atoms with Gasteiger partial charge in [-0.25, -0.2) is 4.79 Å². The van der Waals surface area contributed by atoms with Crippen molar-refractivity contribution in [2.45, 2.75) is 12.8 Å². The summed E-state index contributed by atoms with van der Waals surface area (Å²) in [6, 6.07) is 5.31. The number of ether oxygens (including phenoxy) is 1. The summed E-state index contributed by atoms with van der Waals surface area (Å²) in [6.45, 7) is 2.11. The number of nitrogens with one attached hydrogen (secondary N) is 2. The first-order valence-corrected chi connectivity index (χ1v) is 7.49. The topological polar surface area (TPSA) is 67.0 Å². The van der Waals surface area contributed by atoms with Crippen molar-refractivity contribution in [3.63, 3.8) is 0 Å². The quantitative estimate of drug-likeness (QED) is 0.784. The zero-order chi connectivity index (χ0) is 15.4. The average Bonchev–Trinajstić information content (AvgIpc) is 3.03. The molecule has 22 heavy (non-hydrogen) atoms. The second-order valence-electron chi connectivity index (χ2n) is 5.27. The summed E-state index contributed by atoms with van der Waals surface area (Å²) in [5, 5.41) is 11.4. The smallest absolute Gasteiger partial charge is 0.337 e.